The monoisotopic (exact) mass is 568 g/mol. The van der Waals surface area contributed by atoms with Crippen molar-refractivity contribution in [3.63, 3.8) is 0 Å². The highest BCUT2D eigenvalue weighted by molar-refractivity contribution is 8.04. The zero-order chi connectivity index (χ0) is 27.9. The smallest absolute Gasteiger partial charge is 0.310 e. The van der Waals surface area contributed by atoms with Gasteiger partial charge in [-0.25, -0.2) is 8.42 Å². The second-order valence-electron chi connectivity index (χ2n) is 10.2. The van der Waals surface area contributed by atoms with Gasteiger partial charge in [0.25, 0.3) is 15.9 Å². The number of nitrogens with zero attached hydrogens (tertiary/aromatic N) is 3. The number of carbonyl (C=O) groups is 4. The van der Waals surface area contributed by atoms with Crippen molar-refractivity contribution in [2.24, 2.45) is 5.92 Å². The van der Waals surface area contributed by atoms with Gasteiger partial charge in [-0.15, -0.1) is 11.3 Å². The van der Waals surface area contributed by atoms with Crippen LogP contribution < -0.4 is 5.32 Å². The summed E-state index contributed by atoms with van der Waals surface area (Å²) in [6, 6.07) is 11.0. The van der Waals surface area contributed by atoms with Gasteiger partial charge in [-0.05, 0) is 48.4 Å². The lowest BCUT2D eigenvalue weighted by Gasteiger charge is -2.29. The summed E-state index contributed by atoms with van der Waals surface area (Å²) in [5, 5.41) is 2.60. The number of hydrogen-bond acceptors (Lipinski definition) is 8. The van der Waals surface area contributed by atoms with E-state index in [9.17, 15) is 27.6 Å². The van der Waals surface area contributed by atoms with E-state index in [0.29, 0.717) is 11.3 Å². The number of rotatable bonds is 7. The molecule has 3 aromatic rings. The number of carbonyl (C=O) groups excluding carboxylic acids is 4. The molecule has 3 unspecified atom stereocenters. The van der Waals surface area contributed by atoms with E-state index in [4.69, 9.17) is 0 Å². The molecule has 2 saturated heterocycles. The van der Waals surface area contributed by atoms with Crippen LogP contribution in [0.4, 0.5) is 0 Å². The summed E-state index contributed by atoms with van der Waals surface area (Å²) in [4.78, 5) is 58.4. The third kappa shape index (κ3) is 5.11. The average molecular weight is 569 g/mol. The summed E-state index contributed by atoms with van der Waals surface area (Å²) < 4.78 is 28.2. The van der Waals surface area contributed by atoms with Crippen molar-refractivity contribution < 1.29 is 27.6 Å². The van der Waals surface area contributed by atoms with Crippen LogP contribution in [0.2, 0.25) is 0 Å². The van der Waals surface area contributed by atoms with E-state index >= 15 is 0 Å². The zero-order valence-electron chi connectivity index (χ0n) is 21.4. The normalized spacial score (nSPS) is 20.4. The minimum absolute atomic E-state index is 0.0622. The highest BCUT2D eigenvalue weighted by Gasteiger charge is 2.55. The van der Waals surface area contributed by atoms with Gasteiger partial charge in [-0.2, -0.15) is 4.31 Å². The predicted octanol–water partition coefficient (Wildman–Crippen LogP) is 2.47. The summed E-state index contributed by atoms with van der Waals surface area (Å²) >= 11 is 1.33. The minimum atomic E-state index is -4.53. The van der Waals surface area contributed by atoms with Gasteiger partial charge in [-0.1, -0.05) is 38.1 Å². The van der Waals surface area contributed by atoms with Gasteiger partial charge >= 0.3 is 5.12 Å². The molecule has 0 saturated carbocycles. The molecule has 2 amide bonds. The molecule has 2 aliphatic heterocycles. The van der Waals surface area contributed by atoms with Crippen molar-refractivity contribution in [3.8, 4) is 0 Å². The van der Waals surface area contributed by atoms with Gasteiger partial charge in [0.2, 0.25) is 5.91 Å². The fourth-order valence-corrected chi connectivity index (χ4v) is 7.72. The van der Waals surface area contributed by atoms with Crippen molar-refractivity contribution in [1.29, 1.82) is 0 Å². The van der Waals surface area contributed by atoms with E-state index in [1.165, 1.54) is 34.6 Å². The molecule has 3 atom stereocenters. The Morgan fingerprint density at radius 1 is 1.13 bits per heavy atom. The summed E-state index contributed by atoms with van der Waals surface area (Å²) in [6.07, 6.45) is 1.87. The van der Waals surface area contributed by atoms with Crippen LogP contribution in [0.25, 0.3) is 10.1 Å². The van der Waals surface area contributed by atoms with Crippen molar-refractivity contribution in [3.05, 3.63) is 65.3 Å². The Hall–Kier alpha value is -3.48. The molecular formula is C27H28N4O6S2. The molecule has 39 heavy (non-hydrogen) atoms. The SMILES string of the molecule is CC(C)CC(NC(=O)c1cc2ccccc2s1)C(=O)N1CCC2C1C(=O)CN2S(=O)(=O)C(=O)c1ccccn1. The molecule has 4 heterocycles. The Labute approximate surface area is 230 Å². The first-order valence-corrected chi connectivity index (χ1v) is 14.9. The van der Waals surface area contributed by atoms with E-state index < -0.39 is 51.5 Å². The van der Waals surface area contributed by atoms with Gasteiger partial charge in [0.1, 0.15) is 17.8 Å². The molecule has 5 rings (SSSR count). The zero-order valence-corrected chi connectivity index (χ0v) is 23.1. The van der Waals surface area contributed by atoms with Crippen molar-refractivity contribution in [1.82, 2.24) is 19.5 Å². The minimum Gasteiger partial charge on any atom is -0.340 e. The van der Waals surface area contributed by atoms with Crippen LogP contribution >= 0.6 is 11.3 Å². The van der Waals surface area contributed by atoms with Gasteiger partial charge < -0.3 is 10.2 Å². The Morgan fingerprint density at radius 3 is 2.56 bits per heavy atom. The lowest BCUT2D eigenvalue weighted by atomic mass is 10.0. The highest BCUT2D eigenvalue weighted by Crippen LogP contribution is 2.33. The Kier molecular flexibility index (Phi) is 7.36. The molecule has 2 aromatic heterocycles. The largest absolute Gasteiger partial charge is 0.340 e. The van der Waals surface area contributed by atoms with Gasteiger partial charge in [-0.3, -0.25) is 24.2 Å². The maximum atomic E-state index is 13.7. The number of hydrogen-bond donors (Lipinski definition) is 1. The van der Waals surface area contributed by atoms with Crippen LogP contribution in [0.1, 0.15) is 46.8 Å². The van der Waals surface area contributed by atoms with Crippen molar-refractivity contribution >= 4 is 54.2 Å². The molecule has 0 radical (unpaired) electrons. The lowest BCUT2D eigenvalue weighted by molar-refractivity contribution is -0.138. The Morgan fingerprint density at radius 2 is 1.87 bits per heavy atom. The summed E-state index contributed by atoms with van der Waals surface area (Å²) in [5.74, 6) is -1.21. The molecule has 0 spiro atoms. The van der Waals surface area contributed by atoms with Crippen LogP contribution in [0.5, 0.6) is 0 Å². The fraction of sp³-hybridized carbons (Fsp3) is 0.370. The van der Waals surface area contributed by atoms with E-state index in [2.05, 4.69) is 10.3 Å². The quantitative estimate of drug-likeness (QED) is 0.463. The van der Waals surface area contributed by atoms with E-state index in [1.54, 1.807) is 12.1 Å². The number of ketones is 1. The highest BCUT2D eigenvalue weighted by atomic mass is 32.2. The molecule has 1 aromatic carbocycles. The topological polar surface area (TPSA) is 134 Å². The molecule has 1 N–H and O–H groups in total. The lowest BCUT2D eigenvalue weighted by Crippen LogP contribution is -2.53. The molecule has 0 aliphatic carbocycles. The molecule has 0 bridgehead atoms. The third-order valence-corrected chi connectivity index (χ3v) is 9.85. The number of likely N-dealkylation sites (tertiary alicyclic amines) is 1. The first-order chi connectivity index (χ1) is 18.6. The maximum Gasteiger partial charge on any atom is 0.310 e. The summed E-state index contributed by atoms with van der Waals surface area (Å²) in [6.45, 7) is 3.49. The molecule has 204 valence electrons. The van der Waals surface area contributed by atoms with Crippen LogP contribution in [0.15, 0.2) is 54.7 Å². The average Bonchev–Trinajstić information content (AvgIpc) is 3.63. The van der Waals surface area contributed by atoms with Gasteiger partial charge in [0.05, 0.1) is 17.5 Å². The molecular weight excluding hydrogens is 540 g/mol. The summed E-state index contributed by atoms with van der Waals surface area (Å²) in [5.41, 5.74) is -0.236. The number of benzene rings is 1. The van der Waals surface area contributed by atoms with Gasteiger partial charge in [0.15, 0.2) is 5.78 Å². The number of amides is 2. The van der Waals surface area contributed by atoms with Crippen LogP contribution in [0.3, 0.4) is 0 Å². The number of thiophene rings is 1. The number of nitrogens with one attached hydrogen (secondary N) is 1. The molecule has 2 aliphatic rings. The Balaban J connectivity index is 1.35. The maximum absolute atomic E-state index is 13.7. The first-order valence-electron chi connectivity index (χ1n) is 12.7. The fourth-order valence-electron chi connectivity index (χ4n) is 5.28. The predicted molar refractivity (Wildman–Crippen MR) is 146 cm³/mol. The molecule has 2 fully saturated rings. The van der Waals surface area contributed by atoms with Crippen LogP contribution in [-0.2, 0) is 19.6 Å². The van der Waals surface area contributed by atoms with Gasteiger partial charge in [0, 0.05) is 17.4 Å². The van der Waals surface area contributed by atoms with Crippen LogP contribution in [-0.4, -0.2) is 76.5 Å². The second-order valence-corrected chi connectivity index (χ2v) is 13.0. The number of fused-ring (bicyclic) bond motifs is 2. The third-order valence-electron chi connectivity index (χ3n) is 7.04. The van der Waals surface area contributed by atoms with E-state index in [-0.39, 0.29) is 30.5 Å². The first kappa shape index (κ1) is 27.1. The summed E-state index contributed by atoms with van der Waals surface area (Å²) in [7, 11) is -4.53. The van der Waals surface area contributed by atoms with Crippen molar-refractivity contribution in [2.75, 3.05) is 13.1 Å². The molecule has 12 heteroatoms. The van der Waals surface area contributed by atoms with E-state index in [1.807, 2.05) is 38.1 Å². The number of Topliss-reactive ketones (excluding diaryl/α,β-unsaturated/α-hetero) is 1. The Bertz CT molecular complexity index is 1520. The number of aromatic nitrogens is 1. The van der Waals surface area contributed by atoms with Crippen molar-refractivity contribution in [2.45, 2.75) is 44.8 Å². The standard InChI is InChI=1S/C27H28N4O6S2/c1-16(2)13-19(29-25(33)23-14-17-7-3-4-9-22(17)38-23)26(34)30-12-10-20-24(30)21(32)15-31(20)39(36,37)27(35)18-8-5-6-11-28-18/h3-9,11,14,16,19-20,24H,10,12-13,15H2,1-2H3,(H,29,33). The second kappa shape index (κ2) is 10.6. The van der Waals surface area contributed by atoms with E-state index in [0.717, 1.165) is 14.4 Å². The molecule has 10 nitrogen and oxygen atoms in total. The number of sulfonamides is 1. The van der Waals surface area contributed by atoms with Crippen LogP contribution in [0, 0.1) is 5.92 Å². The number of pyridine rings is 1.